The minimum absolute atomic E-state index is 0.0567. The van der Waals surface area contributed by atoms with E-state index in [0.29, 0.717) is 0 Å². The Hall–Kier alpha value is -10.6. The summed E-state index contributed by atoms with van der Waals surface area (Å²) in [6, 6.07) is 9.83. The Labute approximate surface area is 457 Å². The van der Waals surface area contributed by atoms with Crippen LogP contribution in [-0.2, 0) is 58.0 Å². The first-order chi connectivity index (χ1) is 38.9. The fourth-order valence-corrected chi connectivity index (χ4v) is 6.71. The number of benzene rings is 4. The lowest BCUT2D eigenvalue weighted by molar-refractivity contribution is -0.223. The van der Waals surface area contributed by atoms with Gasteiger partial charge in [0.2, 0.25) is 23.0 Å². The minimum Gasteiger partial charge on any atom is -0.493 e. The van der Waals surface area contributed by atoms with Gasteiger partial charge in [0.15, 0.2) is 46.0 Å². The van der Waals surface area contributed by atoms with E-state index in [1.54, 1.807) is 0 Å². The van der Waals surface area contributed by atoms with Gasteiger partial charge in [-0.05, 0) is 48.5 Å². The van der Waals surface area contributed by atoms with Crippen LogP contribution in [0.3, 0.4) is 0 Å². The molecule has 32 heteroatoms. The highest BCUT2D eigenvalue weighted by atomic mass is 17.3. The fraction of sp³-hybridized carbons (Fsp3) is 0.347. The van der Waals surface area contributed by atoms with Crippen molar-refractivity contribution in [1.82, 2.24) is 0 Å². The van der Waals surface area contributed by atoms with E-state index in [9.17, 15) is 38.4 Å². The summed E-state index contributed by atoms with van der Waals surface area (Å²) in [7, 11) is 14.9. The molecule has 32 nitrogen and oxygen atoms in total. The lowest BCUT2D eigenvalue weighted by Crippen LogP contribution is -2.44. The maximum Gasteiger partial charge on any atom is 0.549 e. The molecule has 0 radical (unpaired) electrons. The Morgan fingerprint density at radius 3 is 0.605 bits per heavy atom. The van der Waals surface area contributed by atoms with Gasteiger partial charge in [-0.15, -0.1) is 0 Å². The Kier molecular flexibility index (Phi) is 23.6. The molecular formula is C49H52O32. The van der Waals surface area contributed by atoms with Crippen molar-refractivity contribution in [2.75, 3.05) is 112 Å². The summed E-state index contributed by atoms with van der Waals surface area (Å²) in [6.45, 7) is -5.09. The van der Waals surface area contributed by atoms with E-state index in [1.165, 1.54) is 110 Å². The van der Waals surface area contributed by atoms with Crippen molar-refractivity contribution in [3.63, 3.8) is 0 Å². The molecule has 0 bridgehead atoms. The van der Waals surface area contributed by atoms with Crippen molar-refractivity contribution in [2.45, 2.75) is 0 Å². The first-order valence-electron chi connectivity index (χ1n) is 22.3. The smallest absolute Gasteiger partial charge is 0.493 e. The van der Waals surface area contributed by atoms with Gasteiger partial charge < -0.3 is 75.8 Å². The number of rotatable bonds is 24. The maximum atomic E-state index is 13.1. The minimum atomic E-state index is -2.46. The Balaban J connectivity index is 1.65. The fourth-order valence-electron chi connectivity index (χ4n) is 6.71. The first-order valence-corrected chi connectivity index (χ1v) is 22.3. The molecule has 0 aliphatic carbocycles. The largest absolute Gasteiger partial charge is 0.549 e. The Morgan fingerprint density at radius 1 is 0.259 bits per heavy atom. The van der Waals surface area contributed by atoms with Gasteiger partial charge in [-0.25, -0.2) is 58.3 Å². The van der Waals surface area contributed by atoms with Crippen LogP contribution in [-0.4, -0.2) is 160 Å². The monoisotopic (exact) mass is 1150 g/mol. The van der Waals surface area contributed by atoms with Gasteiger partial charge in [0.05, 0.1) is 85.3 Å². The van der Waals surface area contributed by atoms with Crippen molar-refractivity contribution in [2.24, 2.45) is 5.41 Å². The predicted molar refractivity (Wildman–Crippen MR) is 258 cm³/mol. The molecule has 0 N–H and O–H groups in total. The molecule has 440 valence electrons. The molecule has 0 saturated carbocycles. The summed E-state index contributed by atoms with van der Waals surface area (Å²) < 4.78 is 83.3. The van der Waals surface area contributed by atoms with Gasteiger partial charge in [-0.1, -0.05) is 0 Å². The highest BCUT2D eigenvalue weighted by molar-refractivity contribution is 5.96. The molecule has 0 unspecified atom stereocenters. The molecule has 0 heterocycles. The average Bonchev–Trinajstić information content (AvgIpc) is 3.51. The van der Waals surface area contributed by atoms with Crippen LogP contribution >= 0.6 is 0 Å². The third kappa shape index (κ3) is 15.8. The molecule has 0 amide bonds. The summed E-state index contributed by atoms with van der Waals surface area (Å²) >= 11 is 0. The molecule has 4 aromatic rings. The van der Waals surface area contributed by atoms with E-state index in [4.69, 9.17) is 75.8 Å². The molecule has 0 aromatic heterocycles. The number of ether oxygens (including phenoxy) is 16. The van der Waals surface area contributed by atoms with Gasteiger partial charge in [0.1, 0.15) is 54.1 Å². The molecule has 4 rings (SSSR count). The number of methoxy groups -OCH3 is 12. The van der Waals surface area contributed by atoms with E-state index < -0.39 is 80.3 Å². The van der Waals surface area contributed by atoms with Crippen molar-refractivity contribution in [3.8, 4) is 69.0 Å². The van der Waals surface area contributed by atoms with Crippen LogP contribution in [0.15, 0.2) is 48.5 Å². The van der Waals surface area contributed by atoms with Crippen molar-refractivity contribution in [3.05, 3.63) is 70.8 Å². The number of hydrogen-bond donors (Lipinski definition) is 0. The first kappa shape index (κ1) is 63.0. The van der Waals surface area contributed by atoms with Crippen LogP contribution in [0.2, 0.25) is 0 Å². The third-order valence-electron chi connectivity index (χ3n) is 10.4. The van der Waals surface area contributed by atoms with Crippen LogP contribution < -0.4 is 56.8 Å². The van der Waals surface area contributed by atoms with E-state index >= 15 is 0 Å². The summed E-state index contributed by atoms with van der Waals surface area (Å²) in [5, 5.41) is 0. The summed E-state index contributed by atoms with van der Waals surface area (Å²) in [4.78, 5) is 142. The zero-order chi connectivity index (χ0) is 59.8. The molecule has 0 atom stereocenters. The van der Waals surface area contributed by atoms with E-state index in [-0.39, 0.29) is 91.2 Å². The van der Waals surface area contributed by atoms with Crippen molar-refractivity contribution in [1.29, 1.82) is 0 Å². The van der Waals surface area contributed by atoms with Crippen molar-refractivity contribution < 1.29 is 153 Å². The second-order valence-corrected chi connectivity index (χ2v) is 15.0. The molecule has 81 heavy (non-hydrogen) atoms. The van der Waals surface area contributed by atoms with E-state index in [2.05, 4.69) is 39.1 Å². The molecule has 0 saturated heterocycles. The average molecular weight is 1150 g/mol. The number of carbonyl (C=O) groups excluding carboxylic acids is 8. The van der Waals surface area contributed by atoms with Gasteiger partial charge in [-0.2, -0.15) is 19.2 Å². The Morgan fingerprint density at radius 2 is 0.444 bits per heavy atom. The molecule has 0 spiro atoms. The zero-order valence-corrected chi connectivity index (χ0v) is 45.0. The highest BCUT2D eigenvalue weighted by Crippen LogP contribution is 2.43. The molecule has 0 aliphatic heterocycles. The Bertz CT molecular complexity index is 2510. The second-order valence-electron chi connectivity index (χ2n) is 15.0. The maximum absolute atomic E-state index is 13.1. The zero-order valence-electron chi connectivity index (χ0n) is 45.0. The van der Waals surface area contributed by atoms with Gasteiger partial charge in [0.25, 0.3) is 0 Å². The summed E-state index contributed by atoms with van der Waals surface area (Å²) in [5.74, 6) is -6.00. The quantitative estimate of drug-likeness (QED) is 0.0347. The van der Waals surface area contributed by atoms with Crippen molar-refractivity contribution >= 4 is 48.5 Å². The third-order valence-corrected chi connectivity index (χ3v) is 10.4. The molecule has 0 aliphatic rings. The normalized spacial score (nSPS) is 10.3. The van der Waals surface area contributed by atoms with Crippen LogP contribution in [0.4, 0.5) is 19.2 Å². The summed E-state index contributed by atoms with van der Waals surface area (Å²) in [5.41, 5.74) is -3.89. The van der Waals surface area contributed by atoms with Crippen LogP contribution in [0.5, 0.6) is 69.0 Å². The topological polar surface area (TPSA) is 358 Å². The summed E-state index contributed by atoms with van der Waals surface area (Å²) in [6.07, 6.45) is -7.41. The second kappa shape index (κ2) is 30.4. The molecular weight excluding hydrogens is 1100 g/mol. The van der Waals surface area contributed by atoms with Gasteiger partial charge in [0, 0.05) is 0 Å². The SMILES string of the molecule is COc1ccc(C(=O)OOC(=O)OCC(COC(=O)OOC(=O)c2ccc(OC)c(OC)c2OC)(COC(=O)OOC(=O)c2ccc(OC)c(OC)c2OC)COC(=O)OOC(=O)c2ccc(OC)c(OC)c2OC)c(OC)c1OC. The van der Waals surface area contributed by atoms with E-state index in [0.717, 1.165) is 24.3 Å². The lowest BCUT2D eigenvalue weighted by Gasteiger charge is -2.30. The van der Waals surface area contributed by atoms with Crippen LogP contribution in [0, 0.1) is 5.41 Å². The van der Waals surface area contributed by atoms with E-state index in [1.807, 2.05) is 0 Å². The number of hydrogen-bond acceptors (Lipinski definition) is 32. The highest BCUT2D eigenvalue weighted by Gasteiger charge is 2.41. The standard InChI is InChI=1S/C49H52O32/c1-58-29-17-13-25(33(62-5)37(29)66-9)41(50)74-78-45(54)70-21-49(22-71-46(55)79-75-42(51)26-14-18-30(59-2)38(67-10)34(26)63-6,23-72-47(56)80-76-43(52)27-15-19-31(60-3)39(68-11)35(27)64-7)24-73-48(57)81-77-44(53)28-16-20-32(61-4)40(69-12)36(28)65-8/h13-20H,21-24H2,1-12H3. The van der Waals surface area contributed by atoms with Crippen LogP contribution in [0.1, 0.15) is 41.4 Å². The van der Waals surface area contributed by atoms with Gasteiger partial charge >= 0.3 is 48.5 Å². The predicted octanol–water partition coefficient (Wildman–Crippen LogP) is 5.78. The van der Waals surface area contributed by atoms with Crippen LogP contribution in [0.25, 0.3) is 0 Å². The molecule has 4 aromatic carbocycles. The number of carbonyl (C=O) groups is 8. The molecule has 0 fully saturated rings. The van der Waals surface area contributed by atoms with Gasteiger partial charge in [-0.3, -0.25) is 0 Å². The lowest BCUT2D eigenvalue weighted by atomic mass is 9.92.